The molecule has 0 saturated carbocycles. The monoisotopic (exact) mass is 399 g/mol. The van der Waals surface area contributed by atoms with E-state index in [0.717, 1.165) is 19.5 Å². The van der Waals surface area contributed by atoms with Gasteiger partial charge in [0.05, 0.1) is 0 Å². The summed E-state index contributed by atoms with van der Waals surface area (Å²) in [6.07, 6.45) is 4.67. The Morgan fingerprint density at radius 2 is 1.96 bits per heavy atom. The lowest BCUT2D eigenvalue weighted by atomic mass is 10.0. The number of thiophene rings is 1. The molecular formula is C22H29N3O2S. The third kappa shape index (κ3) is 6.46. The minimum Gasteiger partial charge on any atom is -0.355 e. The highest BCUT2D eigenvalue weighted by atomic mass is 32.1. The number of piperidine rings is 1. The first-order chi connectivity index (χ1) is 13.7. The van der Waals surface area contributed by atoms with Gasteiger partial charge in [0.15, 0.2) is 0 Å². The summed E-state index contributed by atoms with van der Waals surface area (Å²) in [5.74, 6) is -0.00423. The van der Waals surface area contributed by atoms with Crippen LogP contribution in [0.25, 0.3) is 0 Å². The van der Waals surface area contributed by atoms with E-state index in [1.807, 2.05) is 16.8 Å². The fourth-order valence-corrected chi connectivity index (χ4v) is 4.22. The molecular weight excluding hydrogens is 370 g/mol. The molecule has 2 aromatic rings. The maximum absolute atomic E-state index is 12.2. The van der Waals surface area contributed by atoms with Crippen molar-refractivity contribution in [2.45, 2.75) is 44.7 Å². The largest absolute Gasteiger partial charge is 0.355 e. The second-order valence-corrected chi connectivity index (χ2v) is 8.06. The predicted molar refractivity (Wildman–Crippen MR) is 113 cm³/mol. The lowest BCUT2D eigenvalue weighted by Crippen LogP contribution is -2.46. The van der Waals surface area contributed by atoms with Gasteiger partial charge in [0.1, 0.15) is 0 Å². The van der Waals surface area contributed by atoms with Crippen LogP contribution in [0.1, 0.15) is 48.0 Å². The fourth-order valence-electron chi connectivity index (χ4n) is 3.58. The number of carbonyl (C=O) groups is 2. The number of nitrogens with zero attached hydrogens (tertiary/aromatic N) is 1. The van der Waals surface area contributed by atoms with E-state index in [9.17, 15) is 9.59 Å². The first-order valence-corrected chi connectivity index (χ1v) is 11.0. The molecule has 0 aliphatic carbocycles. The van der Waals surface area contributed by atoms with Crippen LogP contribution in [0.2, 0.25) is 0 Å². The van der Waals surface area contributed by atoms with Gasteiger partial charge < -0.3 is 10.6 Å². The molecule has 150 valence electrons. The van der Waals surface area contributed by atoms with Gasteiger partial charge in [-0.05, 0) is 42.8 Å². The Bertz CT molecular complexity index is 734. The summed E-state index contributed by atoms with van der Waals surface area (Å²) in [5, 5.41) is 9.66. The van der Waals surface area contributed by atoms with Gasteiger partial charge in [0, 0.05) is 43.0 Å². The van der Waals surface area contributed by atoms with Gasteiger partial charge in [0.25, 0.3) is 5.91 Å². The molecule has 2 amide bonds. The molecule has 5 nitrogen and oxygen atoms in total. The second-order valence-electron chi connectivity index (χ2n) is 7.28. The summed E-state index contributed by atoms with van der Waals surface area (Å²) in [7, 11) is 0. The average molecular weight is 400 g/mol. The Kier molecular flexibility index (Phi) is 8.06. The normalized spacial score (nSPS) is 17.2. The summed E-state index contributed by atoms with van der Waals surface area (Å²) < 4.78 is 0. The third-order valence-electron chi connectivity index (χ3n) is 5.16. The molecule has 28 heavy (non-hydrogen) atoms. The van der Waals surface area contributed by atoms with E-state index in [0.29, 0.717) is 37.5 Å². The van der Waals surface area contributed by atoms with Crippen LogP contribution in [-0.2, 0) is 11.3 Å². The van der Waals surface area contributed by atoms with Crippen molar-refractivity contribution in [3.05, 3.63) is 58.3 Å². The van der Waals surface area contributed by atoms with Crippen LogP contribution in [0.15, 0.2) is 47.2 Å². The van der Waals surface area contributed by atoms with Crippen LogP contribution in [-0.4, -0.2) is 42.4 Å². The van der Waals surface area contributed by atoms with Crippen LogP contribution < -0.4 is 10.6 Å². The first kappa shape index (κ1) is 20.6. The highest BCUT2D eigenvalue weighted by Crippen LogP contribution is 2.19. The van der Waals surface area contributed by atoms with E-state index >= 15 is 0 Å². The third-order valence-corrected chi connectivity index (χ3v) is 5.85. The fraction of sp³-hybridized carbons (Fsp3) is 0.455. The number of hydrogen-bond acceptors (Lipinski definition) is 4. The minimum absolute atomic E-state index is 0.0648. The molecule has 2 heterocycles. The SMILES string of the molecule is O=C(CCCNC(=O)c1ccsc1)NCC1CCCCN1Cc1ccccc1. The second kappa shape index (κ2) is 11.0. The summed E-state index contributed by atoms with van der Waals surface area (Å²) in [4.78, 5) is 26.5. The summed E-state index contributed by atoms with van der Waals surface area (Å²) in [6, 6.07) is 12.7. The molecule has 0 spiro atoms. The summed E-state index contributed by atoms with van der Waals surface area (Å²) in [6.45, 7) is 3.25. The van der Waals surface area contributed by atoms with Gasteiger partial charge in [-0.15, -0.1) is 0 Å². The van der Waals surface area contributed by atoms with Crippen molar-refractivity contribution in [2.75, 3.05) is 19.6 Å². The van der Waals surface area contributed by atoms with Crippen molar-refractivity contribution < 1.29 is 9.59 Å². The van der Waals surface area contributed by atoms with E-state index in [1.54, 1.807) is 6.07 Å². The number of amides is 2. The molecule has 1 aromatic carbocycles. The summed E-state index contributed by atoms with van der Waals surface area (Å²) >= 11 is 1.50. The zero-order chi connectivity index (χ0) is 19.6. The van der Waals surface area contributed by atoms with E-state index in [-0.39, 0.29) is 11.8 Å². The van der Waals surface area contributed by atoms with E-state index in [2.05, 4.69) is 39.8 Å². The van der Waals surface area contributed by atoms with E-state index in [4.69, 9.17) is 0 Å². The van der Waals surface area contributed by atoms with Crippen LogP contribution in [0.3, 0.4) is 0 Å². The Morgan fingerprint density at radius 3 is 2.75 bits per heavy atom. The van der Waals surface area contributed by atoms with Gasteiger partial charge >= 0.3 is 0 Å². The number of nitrogens with one attached hydrogen (secondary N) is 2. The van der Waals surface area contributed by atoms with Gasteiger partial charge in [-0.2, -0.15) is 11.3 Å². The molecule has 0 radical (unpaired) electrons. The Balaban J connectivity index is 1.35. The maximum Gasteiger partial charge on any atom is 0.252 e. The molecule has 1 aliphatic heterocycles. The molecule has 1 atom stereocenters. The van der Waals surface area contributed by atoms with E-state index < -0.39 is 0 Å². The minimum atomic E-state index is -0.0691. The highest BCUT2D eigenvalue weighted by Gasteiger charge is 2.22. The van der Waals surface area contributed by atoms with Crippen molar-refractivity contribution >= 4 is 23.2 Å². The predicted octanol–water partition coefficient (Wildman–Crippen LogP) is 3.43. The lowest BCUT2D eigenvalue weighted by Gasteiger charge is -2.36. The van der Waals surface area contributed by atoms with Gasteiger partial charge in [-0.3, -0.25) is 14.5 Å². The van der Waals surface area contributed by atoms with E-state index in [1.165, 1.54) is 29.7 Å². The average Bonchev–Trinajstić information content (AvgIpc) is 3.26. The smallest absolute Gasteiger partial charge is 0.252 e. The zero-order valence-corrected chi connectivity index (χ0v) is 17.0. The van der Waals surface area contributed by atoms with Crippen molar-refractivity contribution in [3.63, 3.8) is 0 Å². The molecule has 3 rings (SSSR count). The molecule has 1 unspecified atom stereocenters. The Morgan fingerprint density at radius 1 is 1.11 bits per heavy atom. The van der Waals surface area contributed by atoms with Crippen LogP contribution in [0.4, 0.5) is 0 Å². The standard InChI is InChI=1S/C22H29N3O2S/c26-21(10-6-12-23-22(27)19-11-14-28-17-19)24-15-20-9-4-5-13-25(20)16-18-7-2-1-3-8-18/h1-3,7-8,11,14,17,20H,4-6,9-10,12-13,15-16H2,(H,23,27)(H,24,26). The molecule has 1 aliphatic rings. The number of benzene rings is 1. The molecule has 1 fully saturated rings. The van der Waals surface area contributed by atoms with Crippen molar-refractivity contribution in [1.29, 1.82) is 0 Å². The van der Waals surface area contributed by atoms with Crippen molar-refractivity contribution in [2.24, 2.45) is 0 Å². The molecule has 6 heteroatoms. The number of hydrogen-bond donors (Lipinski definition) is 2. The Labute approximate surface area is 171 Å². The van der Waals surface area contributed by atoms with Gasteiger partial charge in [0.2, 0.25) is 5.91 Å². The van der Waals surface area contributed by atoms with Gasteiger partial charge in [-0.25, -0.2) is 0 Å². The number of rotatable bonds is 9. The van der Waals surface area contributed by atoms with Crippen molar-refractivity contribution in [3.8, 4) is 0 Å². The molecule has 2 N–H and O–H groups in total. The molecule has 1 aromatic heterocycles. The molecule has 1 saturated heterocycles. The number of carbonyl (C=O) groups excluding carboxylic acids is 2. The quantitative estimate of drug-likeness (QED) is 0.635. The topological polar surface area (TPSA) is 61.4 Å². The molecule has 0 bridgehead atoms. The van der Waals surface area contributed by atoms with Crippen LogP contribution in [0, 0.1) is 0 Å². The highest BCUT2D eigenvalue weighted by molar-refractivity contribution is 7.08. The first-order valence-electron chi connectivity index (χ1n) is 10.1. The maximum atomic E-state index is 12.2. The van der Waals surface area contributed by atoms with Crippen molar-refractivity contribution in [1.82, 2.24) is 15.5 Å². The van der Waals surface area contributed by atoms with Crippen LogP contribution >= 0.6 is 11.3 Å². The van der Waals surface area contributed by atoms with Crippen LogP contribution in [0.5, 0.6) is 0 Å². The Hall–Kier alpha value is -2.18. The van der Waals surface area contributed by atoms with Gasteiger partial charge in [-0.1, -0.05) is 36.8 Å². The number of likely N-dealkylation sites (tertiary alicyclic amines) is 1. The lowest BCUT2D eigenvalue weighted by molar-refractivity contribution is -0.121. The summed E-state index contributed by atoms with van der Waals surface area (Å²) in [5.41, 5.74) is 2.01. The zero-order valence-electron chi connectivity index (χ0n) is 16.2.